The third-order valence-corrected chi connectivity index (χ3v) is 4.01. The zero-order chi connectivity index (χ0) is 13.6. The molecule has 0 saturated heterocycles. The van der Waals surface area contributed by atoms with E-state index >= 15 is 0 Å². The van der Waals surface area contributed by atoms with E-state index < -0.39 is 6.04 Å². The van der Waals surface area contributed by atoms with E-state index in [1.165, 1.54) is 12.8 Å². The Morgan fingerprint density at radius 3 is 2.50 bits per heavy atom. The first-order chi connectivity index (χ1) is 8.49. The number of carbonyl (C=O) groups excluding carboxylic acids is 1. The van der Waals surface area contributed by atoms with Crippen LogP contribution in [0.25, 0.3) is 0 Å². The number of aliphatic hydroxyl groups excluding tert-OH is 1. The molecule has 1 fully saturated rings. The van der Waals surface area contributed by atoms with Gasteiger partial charge in [0.05, 0.1) is 6.04 Å². The molecule has 0 unspecified atom stereocenters. The van der Waals surface area contributed by atoms with E-state index in [0.29, 0.717) is 12.5 Å². The summed E-state index contributed by atoms with van der Waals surface area (Å²) < 4.78 is 0. The van der Waals surface area contributed by atoms with Crippen molar-refractivity contribution in [2.24, 2.45) is 17.1 Å². The molecule has 1 atom stereocenters. The van der Waals surface area contributed by atoms with Crippen LogP contribution in [0.1, 0.15) is 52.4 Å². The predicted molar refractivity (Wildman–Crippen MR) is 73.0 cm³/mol. The van der Waals surface area contributed by atoms with Gasteiger partial charge in [0.25, 0.3) is 0 Å². The third-order valence-electron chi connectivity index (χ3n) is 4.01. The SMILES string of the molecule is CC(C)C[C@H](N)C(=O)NCC1(CCO)CCCC1. The van der Waals surface area contributed by atoms with Crippen molar-refractivity contribution >= 4 is 5.91 Å². The maximum atomic E-state index is 11.9. The average Bonchev–Trinajstić information content (AvgIpc) is 2.74. The average molecular weight is 256 g/mol. The van der Waals surface area contributed by atoms with Crippen LogP contribution in [0, 0.1) is 11.3 Å². The summed E-state index contributed by atoms with van der Waals surface area (Å²) in [4.78, 5) is 11.9. The van der Waals surface area contributed by atoms with Crippen LogP contribution in [0.5, 0.6) is 0 Å². The van der Waals surface area contributed by atoms with Gasteiger partial charge in [-0.25, -0.2) is 0 Å². The van der Waals surface area contributed by atoms with Crippen molar-refractivity contribution in [1.29, 1.82) is 0 Å². The second-order valence-corrected chi connectivity index (χ2v) is 6.13. The summed E-state index contributed by atoms with van der Waals surface area (Å²) in [6.45, 7) is 5.00. The van der Waals surface area contributed by atoms with E-state index in [0.717, 1.165) is 25.7 Å². The van der Waals surface area contributed by atoms with Crippen LogP contribution >= 0.6 is 0 Å². The zero-order valence-corrected chi connectivity index (χ0v) is 11.7. The molecule has 0 aromatic rings. The van der Waals surface area contributed by atoms with Crippen LogP contribution in [-0.4, -0.2) is 30.2 Å². The molecule has 4 nitrogen and oxygen atoms in total. The minimum atomic E-state index is -0.405. The van der Waals surface area contributed by atoms with Crippen LogP contribution in [0.4, 0.5) is 0 Å². The second kappa shape index (κ2) is 7.10. The van der Waals surface area contributed by atoms with Crippen LogP contribution in [-0.2, 0) is 4.79 Å². The number of rotatable bonds is 7. The number of carbonyl (C=O) groups is 1. The predicted octanol–water partition coefficient (Wildman–Crippen LogP) is 1.42. The Kier molecular flexibility index (Phi) is 6.09. The fourth-order valence-corrected chi connectivity index (χ4v) is 2.90. The number of aliphatic hydroxyl groups is 1. The van der Waals surface area contributed by atoms with Gasteiger partial charge in [-0.3, -0.25) is 4.79 Å². The largest absolute Gasteiger partial charge is 0.396 e. The number of hydrogen-bond donors (Lipinski definition) is 3. The molecule has 18 heavy (non-hydrogen) atoms. The minimum Gasteiger partial charge on any atom is -0.396 e. The molecule has 0 spiro atoms. The lowest BCUT2D eigenvalue weighted by Gasteiger charge is -2.29. The number of hydrogen-bond acceptors (Lipinski definition) is 3. The Labute approximate surface area is 110 Å². The normalized spacial score (nSPS) is 20.1. The van der Waals surface area contributed by atoms with Gasteiger partial charge in [-0.2, -0.15) is 0 Å². The lowest BCUT2D eigenvalue weighted by Crippen LogP contribution is -2.45. The van der Waals surface area contributed by atoms with Gasteiger partial charge in [-0.1, -0.05) is 26.7 Å². The van der Waals surface area contributed by atoms with Crippen LogP contribution in [0.2, 0.25) is 0 Å². The monoisotopic (exact) mass is 256 g/mol. The highest BCUT2D eigenvalue weighted by Crippen LogP contribution is 2.40. The van der Waals surface area contributed by atoms with Gasteiger partial charge >= 0.3 is 0 Å². The molecule has 1 amide bonds. The molecule has 106 valence electrons. The maximum Gasteiger partial charge on any atom is 0.236 e. The molecule has 1 rings (SSSR count). The fraction of sp³-hybridized carbons (Fsp3) is 0.929. The van der Waals surface area contributed by atoms with Crippen LogP contribution in [0.15, 0.2) is 0 Å². The zero-order valence-electron chi connectivity index (χ0n) is 11.7. The molecule has 0 aromatic carbocycles. The minimum absolute atomic E-state index is 0.0482. The molecule has 1 aliphatic carbocycles. The van der Waals surface area contributed by atoms with Gasteiger partial charge in [0.2, 0.25) is 5.91 Å². The third kappa shape index (κ3) is 4.58. The Balaban J connectivity index is 2.40. The van der Waals surface area contributed by atoms with E-state index in [4.69, 9.17) is 10.8 Å². The van der Waals surface area contributed by atoms with Crippen molar-refractivity contribution in [3.8, 4) is 0 Å². The Morgan fingerprint density at radius 1 is 1.39 bits per heavy atom. The van der Waals surface area contributed by atoms with Gasteiger partial charge < -0.3 is 16.2 Å². The number of nitrogens with two attached hydrogens (primary N) is 1. The van der Waals surface area contributed by atoms with E-state index in [-0.39, 0.29) is 17.9 Å². The van der Waals surface area contributed by atoms with Gasteiger partial charge in [-0.15, -0.1) is 0 Å². The molecule has 0 heterocycles. The summed E-state index contributed by atoms with van der Waals surface area (Å²) >= 11 is 0. The summed E-state index contributed by atoms with van der Waals surface area (Å²) in [5, 5.41) is 12.1. The van der Waals surface area contributed by atoms with Gasteiger partial charge in [0, 0.05) is 13.2 Å². The van der Waals surface area contributed by atoms with Crippen LogP contribution < -0.4 is 11.1 Å². The van der Waals surface area contributed by atoms with Gasteiger partial charge in [0.15, 0.2) is 0 Å². The van der Waals surface area contributed by atoms with Crippen molar-refractivity contribution in [3.05, 3.63) is 0 Å². The maximum absolute atomic E-state index is 11.9. The number of nitrogens with one attached hydrogen (secondary N) is 1. The Hall–Kier alpha value is -0.610. The topological polar surface area (TPSA) is 75.4 Å². The van der Waals surface area contributed by atoms with Crippen LogP contribution in [0.3, 0.4) is 0 Å². The lowest BCUT2D eigenvalue weighted by atomic mass is 9.83. The second-order valence-electron chi connectivity index (χ2n) is 6.13. The van der Waals surface area contributed by atoms with E-state index in [1.807, 2.05) is 0 Å². The summed E-state index contributed by atoms with van der Waals surface area (Å²) in [6.07, 6.45) is 6.12. The molecule has 1 aliphatic rings. The van der Waals surface area contributed by atoms with Gasteiger partial charge in [-0.05, 0) is 37.0 Å². The molecule has 0 radical (unpaired) electrons. The fourth-order valence-electron chi connectivity index (χ4n) is 2.90. The number of amides is 1. The van der Waals surface area contributed by atoms with Crippen molar-refractivity contribution < 1.29 is 9.90 Å². The first kappa shape index (κ1) is 15.4. The molecule has 0 aliphatic heterocycles. The molecule has 1 saturated carbocycles. The Bertz CT molecular complexity index is 261. The first-order valence-electron chi connectivity index (χ1n) is 7.13. The first-order valence-corrected chi connectivity index (χ1v) is 7.13. The highest BCUT2D eigenvalue weighted by atomic mass is 16.3. The van der Waals surface area contributed by atoms with E-state index in [2.05, 4.69) is 19.2 Å². The van der Waals surface area contributed by atoms with Crippen molar-refractivity contribution in [1.82, 2.24) is 5.32 Å². The van der Waals surface area contributed by atoms with Crippen molar-refractivity contribution in [3.63, 3.8) is 0 Å². The standard InChI is InChI=1S/C14H28N2O2/c1-11(2)9-12(15)13(18)16-10-14(7-8-17)5-3-4-6-14/h11-12,17H,3-10,15H2,1-2H3,(H,16,18)/t12-/m0/s1. The smallest absolute Gasteiger partial charge is 0.236 e. The van der Waals surface area contributed by atoms with E-state index in [9.17, 15) is 4.79 Å². The summed E-state index contributed by atoms with van der Waals surface area (Å²) in [5.41, 5.74) is 5.97. The summed E-state index contributed by atoms with van der Waals surface area (Å²) in [6, 6.07) is -0.405. The molecule has 0 aromatic heterocycles. The molecular formula is C14H28N2O2. The van der Waals surface area contributed by atoms with Crippen molar-refractivity contribution in [2.45, 2.75) is 58.4 Å². The Morgan fingerprint density at radius 2 is 2.00 bits per heavy atom. The molecular weight excluding hydrogens is 228 g/mol. The quantitative estimate of drug-likeness (QED) is 0.645. The van der Waals surface area contributed by atoms with E-state index in [1.54, 1.807) is 0 Å². The summed E-state index contributed by atoms with van der Waals surface area (Å²) in [7, 11) is 0. The molecule has 4 N–H and O–H groups in total. The highest BCUT2D eigenvalue weighted by Gasteiger charge is 2.33. The highest BCUT2D eigenvalue weighted by molar-refractivity contribution is 5.81. The molecule has 0 bridgehead atoms. The lowest BCUT2D eigenvalue weighted by molar-refractivity contribution is -0.123. The summed E-state index contributed by atoms with van der Waals surface area (Å²) in [5.74, 6) is 0.386. The molecule has 4 heteroatoms. The van der Waals surface area contributed by atoms with Gasteiger partial charge in [0.1, 0.15) is 0 Å². The van der Waals surface area contributed by atoms with Crippen molar-refractivity contribution in [2.75, 3.05) is 13.2 Å².